The number of halogens is 2. The van der Waals surface area contributed by atoms with E-state index in [1.54, 1.807) is 11.0 Å². The number of aliphatic imine (C=N–C) groups is 1. The Hall–Kier alpha value is -3.42. The number of pyridine rings is 1. The van der Waals surface area contributed by atoms with Crippen LogP contribution < -0.4 is 5.32 Å². The highest BCUT2D eigenvalue weighted by molar-refractivity contribution is 6.15. The first-order valence-electron chi connectivity index (χ1n) is 9.87. The summed E-state index contributed by atoms with van der Waals surface area (Å²) in [5, 5.41) is 2.70. The zero-order valence-electron chi connectivity index (χ0n) is 16.0. The Morgan fingerprint density at radius 1 is 1.10 bits per heavy atom. The fourth-order valence-electron chi connectivity index (χ4n) is 4.15. The van der Waals surface area contributed by atoms with Gasteiger partial charge in [-0.25, -0.2) is 18.8 Å². The van der Waals surface area contributed by atoms with Crippen molar-refractivity contribution in [3.63, 3.8) is 0 Å². The summed E-state index contributed by atoms with van der Waals surface area (Å²) in [5.41, 5.74) is 1.92. The molecule has 1 aromatic heterocycles. The number of carbonyl (C=O) groups is 2. The summed E-state index contributed by atoms with van der Waals surface area (Å²) < 4.78 is 28.7. The summed E-state index contributed by atoms with van der Waals surface area (Å²) in [4.78, 5) is 35.6. The highest BCUT2D eigenvalue weighted by atomic mass is 19.1. The van der Waals surface area contributed by atoms with Crippen molar-refractivity contribution in [2.75, 3.05) is 13.1 Å². The minimum Gasteiger partial charge on any atom is -0.346 e. The monoisotopic (exact) mass is 408 g/mol. The number of aromatic nitrogens is 1. The molecule has 2 amide bonds. The second-order valence-electron chi connectivity index (χ2n) is 7.51. The third kappa shape index (κ3) is 2.99. The van der Waals surface area contributed by atoms with E-state index >= 15 is 0 Å². The maximum absolute atomic E-state index is 14.4. The maximum Gasteiger partial charge on any atom is 0.272 e. The molecule has 0 saturated carbocycles. The standard InChI is InChI=1S/C22H18F2N4O2/c23-13-4-3-5-14(24)20(13)17-10-12(19-18(27-17)11-25-21(19)29)15-6-7-16(26-15)22(30)28-8-1-2-9-28/h3-5,7,10H,1-2,6,8-9,11H2,(H,25,29). The van der Waals surface area contributed by atoms with Crippen molar-refractivity contribution >= 4 is 17.5 Å². The lowest BCUT2D eigenvalue weighted by molar-refractivity contribution is -0.126. The molecule has 3 aliphatic heterocycles. The summed E-state index contributed by atoms with van der Waals surface area (Å²) in [7, 11) is 0. The van der Waals surface area contributed by atoms with E-state index in [2.05, 4.69) is 15.3 Å². The van der Waals surface area contributed by atoms with Gasteiger partial charge in [-0.15, -0.1) is 0 Å². The highest BCUT2D eigenvalue weighted by Crippen LogP contribution is 2.31. The largest absolute Gasteiger partial charge is 0.346 e. The van der Waals surface area contributed by atoms with E-state index in [4.69, 9.17) is 0 Å². The highest BCUT2D eigenvalue weighted by Gasteiger charge is 2.31. The summed E-state index contributed by atoms with van der Waals surface area (Å²) in [6.45, 7) is 1.60. The Kier molecular flexibility index (Phi) is 4.42. The first kappa shape index (κ1) is 18.6. The first-order chi connectivity index (χ1) is 14.5. The number of amides is 2. The van der Waals surface area contributed by atoms with Crippen LogP contribution in [0.2, 0.25) is 0 Å². The minimum absolute atomic E-state index is 0.0952. The van der Waals surface area contributed by atoms with Crippen molar-refractivity contribution in [1.29, 1.82) is 0 Å². The first-order valence-corrected chi connectivity index (χ1v) is 9.87. The molecule has 30 heavy (non-hydrogen) atoms. The Bertz CT molecular complexity index is 1130. The predicted octanol–water partition coefficient (Wildman–Crippen LogP) is 2.97. The number of carbonyl (C=O) groups excluding carboxylic acids is 2. The van der Waals surface area contributed by atoms with Crippen molar-refractivity contribution in [2.45, 2.75) is 25.8 Å². The molecule has 0 aliphatic carbocycles. The SMILES string of the molecule is O=C1NCc2nc(-c3c(F)cccc3F)cc(C3=NC(C(=O)N4CCCC4)=CC3)c21. The average Bonchev–Trinajstić information content (AvgIpc) is 3.49. The van der Waals surface area contributed by atoms with Crippen LogP contribution in [0.3, 0.4) is 0 Å². The van der Waals surface area contributed by atoms with Gasteiger partial charge in [0.25, 0.3) is 11.8 Å². The van der Waals surface area contributed by atoms with Gasteiger partial charge in [0, 0.05) is 25.1 Å². The third-order valence-electron chi connectivity index (χ3n) is 5.62. The van der Waals surface area contributed by atoms with Gasteiger partial charge < -0.3 is 10.2 Å². The smallest absolute Gasteiger partial charge is 0.272 e. The predicted molar refractivity (Wildman–Crippen MR) is 106 cm³/mol. The van der Waals surface area contributed by atoms with Crippen LogP contribution in [0.1, 0.15) is 40.9 Å². The van der Waals surface area contributed by atoms with E-state index in [9.17, 15) is 18.4 Å². The second kappa shape index (κ2) is 7.12. The zero-order chi connectivity index (χ0) is 20.8. The third-order valence-corrected chi connectivity index (χ3v) is 5.62. The lowest BCUT2D eigenvalue weighted by Crippen LogP contribution is -2.28. The van der Waals surface area contributed by atoms with Crippen molar-refractivity contribution in [1.82, 2.24) is 15.2 Å². The van der Waals surface area contributed by atoms with Crippen molar-refractivity contribution < 1.29 is 18.4 Å². The quantitative estimate of drug-likeness (QED) is 0.849. The summed E-state index contributed by atoms with van der Waals surface area (Å²) >= 11 is 0. The number of nitrogens with one attached hydrogen (secondary N) is 1. The maximum atomic E-state index is 14.4. The molecule has 3 aliphatic rings. The number of likely N-dealkylation sites (tertiary alicyclic amines) is 1. The summed E-state index contributed by atoms with van der Waals surface area (Å²) in [5.74, 6) is -1.91. The molecule has 0 spiro atoms. The molecule has 0 bridgehead atoms. The number of benzene rings is 1. The van der Waals surface area contributed by atoms with Crippen LogP contribution in [-0.2, 0) is 11.3 Å². The van der Waals surface area contributed by atoms with Gasteiger partial charge in [-0.05, 0) is 37.1 Å². The lowest BCUT2D eigenvalue weighted by atomic mass is 9.98. The van der Waals surface area contributed by atoms with Gasteiger partial charge in [0.2, 0.25) is 0 Å². The van der Waals surface area contributed by atoms with Crippen LogP contribution >= 0.6 is 0 Å². The molecule has 1 N–H and O–H groups in total. The lowest BCUT2D eigenvalue weighted by Gasteiger charge is -2.14. The average molecular weight is 408 g/mol. The van der Waals surface area contributed by atoms with Gasteiger partial charge in [-0.2, -0.15) is 0 Å². The molecular formula is C22H18F2N4O2. The molecule has 8 heteroatoms. The molecule has 1 fully saturated rings. The van der Waals surface area contributed by atoms with Crippen molar-refractivity contribution in [3.05, 3.63) is 64.5 Å². The molecule has 0 radical (unpaired) electrons. The van der Waals surface area contributed by atoms with Crippen molar-refractivity contribution in [3.8, 4) is 11.3 Å². The summed E-state index contributed by atoms with van der Waals surface area (Å²) in [6, 6.07) is 5.10. The van der Waals surface area contributed by atoms with Crippen LogP contribution in [0.4, 0.5) is 8.78 Å². The molecular weight excluding hydrogens is 390 g/mol. The Labute approximate surface area is 171 Å². The van der Waals surface area contributed by atoms with Crippen molar-refractivity contribution in [2.24, 2.45) is 4.99 Å². The number of allylic oxidation sites excluding steroid dienone is 1. The number of hydrogen-bond acceptors (Lipinski definition) is 4. The van der Waals surface area contributed by atoms with E-state index in [-0.39, 0.29) is 29.6 Å². The normalized spacial score (nSPS) is 17.7. The molecule has 4 heterocycles. The number of hydrogen-bond donors (Lipinski definition) is 1. The van der Waals surface area contributed by atoms with Crippen LogP contribution in [0.25, 0.3) is 11.3 Å². The fraction of sp³-hybridized carbons (Fsp3) is 0.273. The van der Waals surface area contributed by atoms with Crippen LogP contribution in [-0.4, -0.2) is 40.5 Å². The zero-order valence-corrected chi connectivity index (χ0v) is 16.0. The molecule has 2 aromatic rings. The summed E-state index contributed by atoms with van der Waals surface area (Å²) in [6.07, 6.45) is 4.05. The Morgan fingerprint density at radius 3 is 2.57 bits per heavy atom. The van der Waals surface area contributed by atoms with Gasteiger partial charge in [0.05, 0.1) is 34.8 Å². The molecule has 0 unspecified atom stereocenters. The topological polar surface area (TPSA) is 74.7 Å². The molecule has 0 atom stereocenters. The molecule has 6 nitrogen and oxygen atoms in total. The van der Waals surface area contributed by atoms with Crippen LogP contribution in [0, 0.1) is 11.6 Å². The van der Waals surface area contributed by atoms with E-state index in [1.165, 1.54) is 12.1 Å². The van der Waals surface area contributed by atoms with Gasteiger partial charge in [-0.1, -0.05) is 6.07 Å². The molecule has 152 valence electrons. The Balaban J connectivity index is 1.59. The number of rotatable bonds is 3. The van der Waals surface area contributed by atoms with Gasteiger partial charge in [0.1, 0.15) is 17.3 Å². The van der Waals surface area contributed by atoms with Crippen LogP contribution in [0.15, 0.2) is 41.0 Å². The van der Waals surface area contributed by atoms with E-state index in [0.717, 1.165) is 25.0 Å². The van der Waals surface area contributed by atoms with E-state index in [1.807, 2.05) is 0 Å². The number of fused-ring (bicyclic) bond motifs is 1. The van der Waals surface area contributed by atoms with Crippen LogP contribution in [0.5, 0.6) is 0 Å². The van der Waals surface area contributed by atoms with E-state index in [0.29, 0.717) is 47.7 Å². The molecule has 1 aromatic carbocycles. The van der Waals surface area contributed by atoms with Gasteiger partial charge >= 0.3 is 0 Å². The van der Waals surface area contributed by atoms with Gasteiger partial charge in [0.15, 0.2) is 0 Å². The van der Waals surface area contributed by atoms with E-state index < -0.39 is 11.6 Å². The molecule has 1 saturated heterocycles. The fourth-order valence-corrected chi connectivity index (χ4v) is 4.15. The Morgan fingerprint density at radius 2 is 1.83 bits per heavy atom. The minimum atomic E-state index is -0.734. The number of nitrogens with zero attached hydrogens (tertiary/aromatic N) is 3. The molecule has 5 rings (SSSR count). The van der Waals surface area contributed by atoms with Gasteiger partial charge in [-0.3, -0.25) is 9.59 Å². The second-order valence-corrected chi connectivity index (χ2v) is 7.51.